The van der Waals surface area contributed by atoms with Crippen LogP contribution >= 0.6 is 23.5 Å². The van der Waals surface area contributed by atoms with Crippen molar-refractivity contribution < 1.29 is 9.90 Å². The zero-order chi connectivity index (χ0) is 31.0. The van der Waals surface area contributed by atoms with E-state index in [-0.39, 0.29) is 21.7 Å². The molecule has 222 valence electrons. The second-order valence-electron chi connectivity index (χ2n) is 15.4. The Kier molecular flexibility index (Phi) is 9.93. The molecule has 0 saturated carbocycles. The predicted octanol–water partition coefficient (Wildman–Crippen LogP) is 11.2. The Balaban J connectivity index is 1.90. The van der Waals surface area contributed by atoms with Crippen molar-refractivity contribution in [2.75, 3.05) is 0 Å². The van der Waals surface area contributed by atoms with Gasteiger partial charge in [0.25, 0.3) is 0 Å². The Hall–Kier alpha value is -2.17. The van der Waals surface area contributed by atoms with Crippen LogP contribution in [0.1, 0.15) is 127 Å². The molecule has 3 rings (SSSR count). The lowest BCUT2D eigenvalue weighted by molar-refractivity contribution is 0.0696. The maximum atomic E-state index is 12.1. The first-order valence-electron chi connectivity index (χ1n) is 14.6. The molecule has 0 bridgehead atoms. The molecule has 0 unspecified atom stereocenters. The molecule has 1 N–H and O–H groups in total. The molecular weight excluding hydrogens is 541 g/mol. The molecule has 0 aliphatic rings. The Morgan fingerprint density at radius 2 is 0.805 bits per heavy atom. The molecule has 0 aliphatic carbocycles. The number of hydrogen-bond donors (Lipinski definition) is 1. The molecule has 0 amide bonds. The summed E-state index contributed by atoms with van der Waals surface area (Å²) in [5, 5.41) is 9.89. The average Bonchev–Trinajstić information content (AvgIpc) is 2.83. The van der Waals surface area contributed by atoms with Gasteiger partial charge in [-0.05, 0) is 73.2 Å². The van der Waals surface area contributed by atoms with Crippen LogP contribution in [0.4, 0.5) is 0 Å². The standard InChI is InChI=1S/C37H50O2S2/c1-34(2,3)27-13-24(14-28(19-27)35(4,5)6)22-40-31-17-26(33(38)39)18-32(21-31)41-23-25-15-29(36(7,8)9)20-30(16-25)37(10,11)12/h13-21H,22-23H2,1-12H3,(H,38,39). The van der Waals surface area contributed by atoms with Gasteiger partial charge in [0, 0.05) is 21.3 Å². The number of hydrogen-bond acceptors (Lipinski definition) is 3. The van der Waals surface area contributed by atoms with Crippen molar-refractivity contribution in [2.45, 2.75) is 126 Å². The molecular formula is C37H50O2S2. The molecule has 0 radical (unpaired) electrons. The van der Waals surface area contributed by atoms with Gasteiger partial charge >= 0.3 is 5.97 Å². The minimum Gasteiger partial charge on any atom is -0.478 e. The third-order valence-electron chi connectivity index (χ3n) is 7.39. The van der Waals surface area contributed by atoms with Crippen molar-refractivity contribution >= 4 is 29.5 Å². The second-order valence-corrected chi connectivity index (χ2v) is 17.5. The van der Waals surface area contributed by atoms with Crippen LogP contribution in [0.25, 0.3) is 0 Å². The lowest BCUT2D eigenvalue weighted by atomic mass is 9.80. The van der Waals surface area contributed by atoms with Gasteiger partial charge in [0.1, 0.15) is 0 Å². The summed E-state index contributed by atoms with van der Waals surface area (Å²) in [5.74, 6) is 0.703. The predicted molar refractivity (Wildman–Crippen MR) is 180 cm³/mol. The minimum absolute atomic E-state index is 0.0604. The molecule has 41 heavy (non-hydrogen) atoms. The van der Waals surface area contributed by atoms with Gasteiger partial charge in [-0.15, -0.1) is 23.5 Å². The van der Waals surface area contributed by atoms with Crippen molar-refractivity contribution in [1.29, 1.82) is 0 Å². The number of benzene rings is 3. The first-order valence-corrected chi connectivity index (χ1v) is 16.5. The lowest BCUT2D eigenvalue weighted by Gasteiger charge is -2.26. The maximum absolute atomic E-state index is 12.1. The molecule has 4 heteroatoms. The highest BCUT2D eigenvalue weighted by Crippen LogP contribution is 2.36. The number of carbonyl (C=O) groups is 1. The van der Waals surface area contributed by atoms with Gasteiger partial charge < -0.3 is 5.11 Å². The van der Waals surface area contributed by atoms with Crippen LogP contribution in [-0.2, 0) is 33.2 Å². The number of rotatable bonds is 7. The average molecular weight is 591 g/mol. The van der Waals surface area contributed by atoms with Crippen molar-refractivity contribution in [2.24, 2.45) is 0 Å². The van der Waals surface area contributed by atoms with E-state index in [0.29, 0.717) is 5.56 Å². The summed E-state index contributed by atoms with van der Waals surface area (Å²) in [7, 11) is 0. The van der Waals surface area contributed by atoms with Crippen LogP contribution < -0.4 is 0 Å². The van der Waals surface area contributed by atoms with Crippen LogP contribution in [0.15, 0.2) is 64.4 Å². The molecule has 3 aromatic carbocycles. The number of thioether (sulfide) groups is 2. The van der Waals surface area contributed by atoms with E-state index in [1.807, 2.05) is 12.1 Å². The first-order chi connectivity index (χ1) is 18.6. The fourth-order valence-corrected chi connectivity index (χ4v) is 6.39. The normalized spacial score (nSPS) is 13.0. The highest BCUT2D eigenvalue weighted by Gasteiger charge is 2.22. The SMILES string of the molecule is CC(C)(C)c1cc(CSc2cc(SCc3cc(C(C)(C)C)cc(C(C)(C)C)c3)cc(C(=O)O)c2)cc(C(C)(C)C)c1. The number of carboxylic acids is 1. The van der Waals surface area contributed by atoms with Crippen LogP contribution in [-0.4, -0.2) is 11.1 Å². The Labute approximate surface area is 258 Å². The third-order valence-corrected chi connectivity index (χ3v) is 9.48. The molecule has 2 nitrogen and oxygen atoms in total. The Morgan fingerprint density at radius 1 is 0.512 bits per heavy atom. The summed E-state index contributed by atoms with van der Waals surface area (Å²) in [6.45, 7) is 27.1. The summed E-state index contributed by atoms with van der Waals surface area (Å²) in [6.07, 6.45) is 0. The van der Waals surface area contributed by atoms with Crippen molar-refractivity contribution in [1.82, 2.24) is 0 Å². The number of carboxylic acid groups (broad SMARTS) is 1. The molecule has 0 saturated heterocycles. The van der Waals surface area contributed by atoms with Crippen LogP contribution in [0.5, 0.6) is 0 Å². The molecule has 0 fully saturated rings. The largest absolute Gasteiger partial charge is 0.478 e. The quantitative estimate of drug-likeness (QED) is 0.278. The van der Waals surface area contributed by atoms with E-state index in [2.05, 4.69) is 126 Å². The van der Waals surface area contributed by atoms with E-state index in [1.165, 1.54) is 33.4 Å². The summed E-state index contributed by atoms with van der Waals surface area (Å²) in [6, 6.07) is 19.7. The Bertz CT molecular complexity index is 1230. The summed E-state index contributed by atoms with van der Waals surface area (Å²) < 4.78 is 0. The smallest absolute Gasteiger partial charge is 0.335 e. The molecule has 0 spiro atoms. The fraction of sp³-hybridized carbons (Fsp3) is 0.486. The van der Waals surface area contributed by atoms with Gasteiger partial charge in [-0.3, -0.25) is 0 Å². The van der Waals surface area contributed by atoms with Gasteiger partial charge in [0.15, 0.2) is 0 Å². The molecule has 0 aliphatic heterocycles. The van der Waals surface area contributed by atoms with E-state index < -0.39 is 5.97 Å². The van der Waals surface area contributed by atoms with E-state index >= 15 is 0 Å². The van der Waals surface area contributed by atoms with Gasteiger partial charge in [-0.25, -0.2) is 4.79 Å². The summed E-state index contributed by atoms with van der Waals surface area (Å²) >= 11 is 3.43. The monoisotopic (exact) mass is 590 g/mol. The fourth-order valence-electron chi connectivity index (χ4n) is 4.48. The van der Waals surface area contributed by atoms with Crippen molar-refractivity contribution in [3.63, 3.8) is 0 Å². The van der Waals surface area contributed by atoms with Crippen LogP contribution in [0.3, 0.4) is 0 Å². The third kappa shape index (κ3) is 9.41. The van der Waals surface area contributed by atoms with Gasteiger partial charge in [-0.2, -0.15) is 0 Å². The number of aromatic carboxylic acids is 1. The highest BCUT2D eigenvalue weighted by molar-refractivity contribution is 7.99. The van der Waals surface area contributed by atoms with E-state index in [9.17, 15) is 9.90 Å². The lowest BCUT2D eigenvalue weighted by Crippen LogP contribution is -2.17. The Morgan fingerprint density at radius 3 is 1.05 bits per heavy atom. The maximum Gasteiger partial charge on any atom is 0.335 e. The highest BCUT2D eigenvalue weighted by atomic mass is 32.2. The molecule has 0 heterocycles. The van der Waals surface area contributed by atoms with E-state index in [4.69, 9.17) is 0 Å². The first kappa shape index (κ1) is 33.3. The zero-order valence-corrected chi connectivity index (χ0v) is 28.9. The summed E-state index contributed by atoms with van der Waals surface area (Å²) in [5.41, 5.74) is 8.48. The topological polar surface area (TPSA) is 37.3 Å². The van der Waals surface area contributed by atoms with Gasteiger partial charge in [0.05, 0.1) is 5.56 Å². The van der Waals surface area contributed by atoms with E-state index in [0.717, 1.165) is 21.3 Å². The van der Waals surface area contributed by atoms with E-state index in [1.54, 1.807) is 23.5 Å². The molecule has 0 aromatic heterocycles. The van der Waals surface area contributed by atoms with Crippen LogP contribution in [0, 0.1) is 0 Å². The minimum atomic E-state index is -0.885. The van der Waals surface area contributed by atoms with Crippen molar-refractivity contribution in [3.05, 3.63) is 93.5 Å². The van der Waals surface area contributed by atoms with Crippen molar-refractivity contribution in [3.8, 4) is 0 Å². The van der Waals surface area contributed by atoms with Gasteiger partial charge in [-0.1, -0.05) is 119 Å². The summed E-state index contributed by atoms with van der Waals surface area (Å²) in [4.78, 5) is 14.0. The van der Waals surface area contributed by atoms with Crippen LogP contribution in [0.2, 0.25) is 0 Å². The zero-order valence-electron chi connectivity index (χ0n) is 27.3. The molecule has 0 atom stereocenters. The molecule has 3 aromatic rings. The van der Waals surface area contributed by atoms with Gasteiger partial charge in [0.2, 0.25) is 0 Å². The second kappa shape index (κ2) is 12.2.